The number of benzene rings is 1. The van der Waals surface area contributed by atoms with Crippen LogP contribution < -0.4 is 10.6 Å². The standard InChI is InChI=1S/C13H9N5O2/c1-20-13(19)18-11-4-2-3-10(5-11)17-12(8-16)9(6-14)7-15/h2-5,17H,1H3,(H,18,19). The number of hydrogen-bond donors (Lipinski definition) is 2. The fraction of sp³-hybridized carbons (Fsp3) is 0.0769. The van der Waals surface area contributed by atoms with Crippen LogP contribution in [0.15, 0.2) is 35.5 Å². The largest absolute Gasteiger partial charge is 0.453 e. The van der Waals surface area contributed by atoms with E-state index in [1.165, 1.54) is 13.2 Å². The average molecular weight is 267 g/mol. The van der Waals surface area contributed by atoms with E-state index in [-0.39, 0.29) is 11.3 Å². The van der Waals surface area contributed by atoms with Gasteiger partial charge in [0.15, 0.2) is 5.57 Å². The molecule has 7 nitrogen and oxygen atoms in total. The normalized spacial score (nSPS) is 8.30. The summed E-state index contributed by atoms with van der Waals surface area (Å²) in [6, 6.07) is 11.4. The number of rotatable bonds is 3. The third kappa shape index (κ3) is 3.76. The topological polar surface area (TPSA) is 122 Å². The molecule has 1 rings (SSSR count). The van der Waals surface area contributed by atoms with Gasteiger partial charge in [-0.3, -0.25) is 5.32 Å². The maximum Gasteiger partial charge on any atom is 0.411 e. The molecule has 0 saturated heterocycles. The fourth-order valence-electron chi connectivity index (χ4n) is 1.27. The van der Waals surface area contributed by atoms with Gasteiger partial charge in [-0.25, -0.2) is 4.79 Å². The smallest absolute Gasteiger partial charge is 0.411 e. The van der Waals surface area contributed by atoms with Gasteiger partial charge in [-0.05, 0) is 18.2 Å². The molecule has 1 amide bonds. The quantitative estimate of drug-likeness (QED) is 0.808. The number of anilines is 2. The van der Waals surface area contributed by atoms with Gasteiger partial charge in [-0.2, -0.15) is 15.8 Å². The first-order valence-corrected chi connectivity index (χ1v) is 5.31. The number of nitriles is 3. The van der Waals surface area contributed by atoms with Crippen molar-refractivity contribution < 1.29 is 9.53 Å². The molecule has 0 heterocycles. The highest BCUT2D eigenvalue weighted by Crippen LogP contribution is 2.17. The zero-order valence-electron chi connectivity index (χ0n) is 10.5. The molecule has 2 N–H and O–H groups in total. The van der Waals surface area contributed by atoms with Gasteiger partial charge in [0.2, 0.25) is 0 Å². The lowest BCUT2D eigenvalue weighted by Gasteiger charge is -2.08. The average Bonchev–Trinajstić information content (AvgIpc) is 2.47. The van der Waals surface area contributed by atoms with E-state index in [1.807, 2.05) is 0 Å². The Morgan fingerprint density at radius 1 is 1.10 bits per heavy atom. The first kappa shape index (κ1) is 14.6. The second-order valence-corrected chi connectivity index (χ2v) is 3.41. The molecule has 0 aliphatic carbocycles. The molecule has 0 aliphatic rings. The minimum atomic E-state index is -0.632. The van der Waals surface area contributed by atoms with Crippen LogP contribution in [-0.2, 0) is 4.74 Å². The van der Waals surface area contributed by atoms with E-state index in [0.29, 0.717) is 11.4 Å². The molecule has 0 unspecified atom stereocenters. The van der Waals surface area contributed by atoms with Crippen LogP contribution in [0.3, 0.4) is 0 Å². The van der Waals surface area contributed by atoms with Gasteiger partial charge >= 0.3 is 6.09 Å². The predicted molar refractivity (Wildman–Crippen MR) is 70.0 cm³/mol. The molecule has 0 bridgehead atoms. The Bertz CT molecular complexity index is 657. The minimum absolute atomic E-state index is 0.162. The van der Waals surface area contributed by atoms with E-state index in [1.54, 1.807) is 36.4 Å². The summed E-state index contributed by atoms with van der Waals surface area (Å²) in [4.78, 5) is 11.1. The first-order chi connectivity index (χ1) is 9.64. The van der Waals surface area contributed by atoms with Crippen molar-refractivity contribution in [2.24, 2.45) is 0 Å². The van der Waals surface area contributed by atoms with Crippen molar-refractivity contribution in [2.45, 2.75) is 0 Å². The summed E-state index contributed by atoms with van der Waals surface area (Å²) in [5.74, 6) is 0. The van der Waals surface area contributed by atoms with Crippen LogP contribution in [0, 0.1) is 34.0 Å². The minimum Gasteiger partial charge on any atom is -0.453 e. The second-order valence-electron chi connectivity index (χ2n) is 3.41. The molecule has 0 atom stereocenters. The van der Waals surface area contributed by atoms with Crippen molar-refractivity contribution in [2.75, 3.05) is 17.7 Å². The number of carbonyl (C=O) groups is 1. The van der Waals surface area contributed by atoms with Crippen molar-refractivity contribution in [3.63, 3.8) is 0 Å². The van der Waals surface area contributed by atoms with Gasteiger partial charge < -0.3 is 10.1 Å². The van der Waals surface area contributed by atoms with Crippen molar-refractivity contribution in [3.05, 3.63) is 35.5 Å². The van der Waals surface area contributed by atoms with E-state index in [9.17, 15) is 4.79 Å². The third-order valence-electron chi connectivity index (χ3n) is 2.15. The van der Waals surface area contributed by atoms with Crippen LogP contribution in [0.5, 0.6) is 0 Å². The van der Waals surface area contributed by atoms with Crippen LogP contribution in [0.25, 0.3) is 0 Å². The molecule has 0 saturated carbocycles. The molecular formula is C13H9N5O2. The van der Waals surface area contributed by atoms with Gasteiger partial charge in [0.05, 0.1) is 7.11 Å². The number of amides is 1. The van der Waals surface area contributed by atoms with Gasteiger partial charge in [-0.15, -0.1) is 0 Å². The Balaban J connectivity index is 3.00. The predicted octanol–water partition coefficient (Wildman–Crippen LogP) is 2.10. The van der Waals surface area contributed by atoms with Crippen molar-refractivity contribution >= 4 is 17.5 Å². The first-order valence-electron chi connectivity index (χ1n) is 5.31. The number of nitrogens with one attached hydrogen (secondary N) is 2. The summed E-state index contributed by atoms with van der Waals surface area (Å²) in [5.41, 5.74) is 0.400. The molecule has 0 radical (unpaired) electrons. The van der Waals surface area contributed by atoms with Gasteiger partial charge in [0.1, 0.15) is 23.9 Å². The third-order valence-corrected chi connectivity index (χ3v) is 2.15. The lowest BCUT2D eigenvalue weighted by molar-refractivity contribution is 0.187. The lowest BCUT2D eigenvalue weighted by Crippen LogP contribution is -2.11. The summed E-state index contributed by atoms with van der Waals surface area (Å²) < 4.78 is 4.45. The van der Waals surface area contributed by atoms with Crippen molar-refractivity contribution in [3.8, 4) is 18.2 Å². The lowest BCUT2D eigenvalue weighted by atomic mass is 10.2. The number of hydrogen-bond acceptors (Lipinski definition) is 6. The fourth-order valence-corrected chi connectivity index (χ4v) is 1.27. The summed E-state index contributed by atoms with van der Waals surface area (Å²) in [7, 11) is 1.24. The van der Waals surface area contributed by atoms with Crippen LogP contribution in [-0.4, -0.2) is 13.2 Å². The summed E-state index contributed by atoms with van der Waals surface area (Å²) in [5, 5.41) is 31.4. The summed E-state index contributed by atoms with van der Waals surface area (Å²) in [6.45, 7) is 0. The van der Waals surface area contributed by atoms with Crippen LogP contribution in [0.1, 0.15) is 0 Å². The highest BCUT2D eigenvalue weighted by Gasteiger charge is 2.07. The number of carbonyl (C=O) groups excluding carboxylic acids is 1. The monoisotopic (exact) mass is 267 g/mol. The van der Waals surface area contributed by atoms with Crippen molar-refractivity contribution in [1.29, 1.82) is 15.8 Å². The molecule has 20 heavy (non-hydrogen) atoms. The number of ether oxygens (including phenoxy) is 1. The molecule has 1 aromatic carbocycles. The Morgan fingerprint density at radius 3 is 2.20 bits per heavy atom. The van der Waals surface area contributed by atoms with Crippen LogP contribution >= 0.6 is 0 Å². The van der Waals surface area contributed by atoms with Gasteiger partial charge in [0.25, 0.3) is 0 Å². The molecular weight excluding hydrogens is 258 g/mol. The molecule has 1 aromatic rings. The summed E-state index contributed by atoms with van der Waals surface area (Å²) >= 11 is 0. The Hall–Kier alpha value is -3.50. The molecule has 0 fully saturated rings. The van der Waals surface area contributed by atoms with Gasteiger partial charge in [0, 0.05) is 11.4 Å². The number of nitrogens with zero attached hydrogens (tertiary/aromatic N) is 3. The highest BCUT2D eigenvalue weighted by molar-refractivity contribution is 5.85. The Labute approximate surface area is 115 Å². The van der Waals surface area contributed by atoms with Crippen LogP contribution in [0.2, 0.25) is 0 Å². The summed E-state index contributed by atoms with van der Waals surface area (Å²) in [6.07, 6.45) is -0.632. The maximum atomic E-state index is 11.1. The molecule has 7 heteroatoms. The van der Waals surface area contributed by atoms with Crippen LogP contribution in [0.4, 0.5) is 16.2 Å². The zero-order chi connectivity index (χ0) is 15.0. The molecule has 0 aliphatic heterocycles. The Morgan fingerprint density at radius 2 is 1.70 bits per heavy atom. The van der Waals surface area contributed by atoms with E-state index < -0.39 is 6.09 Å². The SMILES string of the molecule is COC(=O)Nc1cccc(NC(C#N)=C(C#N)C#N)c1. The zero-order valence-corrected chi connectivity index (χ0v) is 10.5. The van der Waals surface area contributed by atoms with E-state index in [2.05, 4.69) is 15.4 Å². The molecule has 0 spiro atoms. The maximum absolute atomic E-state index is 11.1. The van der Waals surface area contributed by atoms with E-state index in [4.69, 9.17) is 15.8 Å². The second kappa shape index (κ2) is 7.05. The van der Waals surface area contributed by atoms with E-state index in [0.717, 1.165) is 0 Å². The van der Waals surface area contributed by atoms with E-state index >= 15 is 0 Å². The molecule has 0 aromatic heterocycles. The molecule has 98 valence electrons. The highest BCUT2D eigenvalue weighted by atomic mass is 16.5. The number of allylic oxidation sites excluding steroid dienone is 2. The Kier molecular flexibility index (Phi) is 5.13. The van der Waals surface area contributed by atoms with Crippen molar-refractivity contribution in [1.82, 2.24) is 0 Å². The van der Waals surface area contributed by atoms with Gasteiger partial charge in [-0.1, -0.05) is 6.07 Å². The number of methoxy groups -OCH3 is 1.